The van der Waals surface area contributed by atoms with Crippen LogP contribution in [0.1, 0.15) is 48.8 Å². The minimum Gasteiger partial charge on any atom is -0.504 e. The summed E-state index contributed by atoms with van der Waals surface area (Å²) in [7, 11) is 1.84. The van der Waals surface area contributed by atoms with Gasteiger partial charge in [-0.3, -0.25) is 9.69 Å². The number of aliphatic hydroxyl groups is 1. The number of benzene rings is 2. The van der Waals surface area contributed by atoms with Crippen LogP contribution in [0, 0.1) is 5.92 Å². The molecule has 7 rings (SSSR count). The normalized spacial score (nSPS) is 33.8. The maximum Gasteiger partial charge on any atom is 0.246 e. The number of hydrogen-bond acceptors (Lipinski definition) is 5. The Kier molecular flexibility index (Phi) is 5.34. The third-order valence-corrected chi connectivity index (χ3v) is 10.4. The van der Waals surface area contributed by atoms with E-state index < -0.39 is 17.1 Å². The van der Waals surface area contributed by atoms with Gasteiger partial charge in [-0.1, -0.05) is 34.1 Å². The Labute approximate surface area is 226 Å². The zero-order valence-corrected chi connectivity index (χ0v) is 22.7. The van der Waals surface area contributed by atoms with E-state index >= 15 is 0 Å². The molecule has 0 aromatic heterocycles. The molecule has 37 heavy (non-hydrogen) atoms. The summed E-state index contributed by atoms with van der Waals surface area (Å²) in [5, 5.41) is 23.4. The molecule has 5 atom stereocenters. The summed E-state index contributed by atoms with van der Waals surface area (Å²) >= 11 is 3.45. The van der Waals surface area contributed by atoms with Crippen molar-refractivity contribution in [3.8, 4) is 11.5 Å². The molecule has 2 aromatic carbocycles. The van der Waals surface area contributed by atoms with Gasteiger partial charge in [-0.2, -0.15) is 0 Å². The Morgan fingerprint density at radius 1 is 1.19 bits per heavy atom. The summed E-state index contributed by atoms with van der Waals surface area (Å²) < 4.78 is 7.61. The van der Waals surface area contributed by atoms with Crippen LogP contribution in [0.25, 0.3) is 6.08 Å². The average molecular weight is 566 g/mol. The van der Waals surface area contributed by atoms with Crippen LogP contribution < -0.4 is 4.74 Å². The molecule has 2 bridgehead atoms. The van der Waals surface area contributed by atoms with E-state index in [2.05, 4.69) is 20.8 Å². The van der Waals surface area contributed by atoms with E-state index in [1.807, 2.05) is 43.5 Å². The molecule has 3 aliphatic carbocycles. The van der Waals surface area contributed by atoms with Crippen LogP contribution in [-0.4, -0.2) is 69.8 Å². The Bertz CT molecular complexity index is 1290. The second-order valence-electron chi connectivity index (χ2n) is 11.7. The van der Waals surface area contributed by atoms with Crippen molar-refractivity contribution in [1.82, 2.24) is 9.80 Å². The molecule has 0 unspecified atom stereocenters. The molecule has 1 amide bonds. The van der Waals surface area contributed by atoms with Gasteiger partial charge in [0.25, 0.3) is 0 Å². The van der Waals surface area contributed by atoms with Gasteiger partial charge in [0.05, 0.1) is 17.1 Å². The van der Waals surface area contributed by atoms with Gasteiger partial charge in [-0.05, 0) is 86.4 Å². The molecular weight excluding hydrogens is 532 g/mol. The molecule has 1 spiro atoms. The number of phenols is 1. The molecule has 1 saturated heterocycles. The first kappa shape index (κ1) is 23.7. The summed E-state index contributed by atoms with van der Waals surface area (Å²) in [5.74, 6) is 1.32. The molecule has 2 aromatic rings. The highest BCUT2D eigenvalue weighted by molar-refractivity contribution is 9.10. The van der Waals surface area contributed by atoms with Crippen molar-refractivity contribution < 1.29 is 19.7 Å². The molecule has 7 heteroatoms. The Morgan fingerprint density at radius 2 is 1.97 bits per heavy atom. The van der Waals surface area contributed by atoms with Gasteiger partial charge in [0.1, 0.15) is 6.10 Å². The van der Waals surface area contributed by atoms with Gasteiger partial charge in [0, 0.05) is 35.7 Å². The maximum atomic E-state index is 13.4. The van der Waals surface area contributed by atoms with Gasteiger partial charge in [0.2, 0.25) is 5.91 Å². The van der Waals surface area contributed by atoms with Crippen molar-refractivity contribution in [2.75, 3.05) is 20.1 Å². The van der Waals surface area contributed by atoms with Crippen molar-refractivity contribution in [3.63, 3.8) is 0 Å². The molecule has 194 valence electrons. The minimum atomic E-state index is -0.940. The third kappa shape index (κ3) is 3.39. The quantitative estimate of drug-likeness (QED) is 0.531. The first-order chi connectivity index (χ1) is 17.8. The molecule has 2 N–H and O–H groups in total. The number of carbonyl (C=O) groups excluding carboxylic acids is 1. The molecule has 0 radical (unpaired) electrons. The van der Waals surface area contributed by atoms with E-state index in [0.29, 0.717) is 18.6 Å². The standard InChI is InChI=1S/C30H33BrN2O4/c1-32(25(35)11-6-18-4-8-21(31)9-5-18)22-12-13-30(36)24-16-20-7-10-23(34)27-26(20)29(30,28(22)37-27)14-15-33(24)17-19-2-3-19/h4-11,19,22,24,28,34,36H,2-3,12-17H2,1H3/b11-6+/t22-,24+,28+,29+,30-/m1/s1. The lowest BCUT2D eigenvalue weighted by molar-refractivity contribution is -0.200. The van der Waals surface area contributed by atoms with E-state index in [1.165, 1.54) is 18.4 Å². The van der Waals surface area contributed by atoms with Crippen LogP contribution >= 0.6 is 15.9 Å². The van der Waals surface area contributed by atoms with Crippen LogP contribution in [0.3, 0.4) is 0 Å². The van der Waals surface area contributed by atoms with Crippen molar-refractivity contribution in [1.29, 1.82) is 0 Å². The van der Waals surface area contributed by atoms with Gasteiger partial charge in [-0.25, -0.2) is 0 Å². The number of likely N-dealkylation sites (N-methyl/N-ethyl adjacent to an activating group) is 1. The zero-order chi connectivity index (χ0) is 25.5. The number of amides is 1. The van der Waals surface area contributed by atoms with Crippen molar-refractivity contribution in [3.05, 3.63) is 63.6 Å². The topological polar surface area (TPSA) is 73.2 Å². The molecule has 5 aliphatic rings. The summed E-state index contributed by atoms with van der Waals surface area (Å²) in [5.41, 5.74) is 1.57. The number of piperidine rings is 1. The van der Waals surface area contributed by atoms with Crippen LogP contribution in [0.4, 0.5) is 0 Å². The molecule has 6 nitrogen and oxygen atoms in total. The molecular formula is C30H33BrN2O4. The highest BCUT2D eigenvalue weighted by atomic mass is 79.9. The number of halogens is 1. The van der Waals surface area contributed by atoms with E-state index in [0.717, 1.165) is 47.4 Å². The number of phenolic OH excluding ortho intramolecular Hbond substituents is 1. The molecule has 3 fully saturated rings. The fourth-order valence-corrected chi connectivity index (χ4v) is 8.14. The van der Waals surface area contributed by atoms with Crippen LogP contribution in [0.2, 0.25) is 0 Å². The molecule has 2 aliphatic heterocycles. The van der Waals surface area contributed by atoms with Crippen molar-refractivity contribution in [2.45, 2.75) is 67.7 Å². The largest absolute Gasteiger partial charge is 0.504 e. The average Bonchev–Trinajstić information content (AvgIpc) is 3.63. The van der Waals surface area contributed by atoms with Gasteiger partial charge in [-0.15, -0.1) is 0 Å². The zero-order valence-electron chi connectivity index (χ0n) is 21.1. The number of ether oxygens (including phenoxy) is 1. The predicted octanol–water partition coefficient (Wildman–Crippen LogP) is 4.26. The first-order valence-electron chi connectivity index (χ1n) is 13.5. The molecule has 2 heterocycles. The van der Waals surface area contributed by atoms with E-state index in [9.17, 15) is 15.0 Å². The predicted molar refractivity (Wildman–Crippen MR) is 145 cm³/mol. The van der Waals surface area contributed by atoms with Gasteiger partial charge in [0.15, 0.2) is 11.5 Å². The van der Waals surface area contributed by atoms with Crippen molar-refractivity contribution in [2.24, 2.45) is 5.92 Å². The highest BCUT2D eigenvalue weighted by Gasteiger charge is 2.73. The third-order valence-electron chi connectivity index (χ3n) is 9.86. The van der Waals surface area contributed by atoms with Crippen LogP contribution in [0.5, 0.6) is 11.5 Å². The second kappa shape index (κ2) is 8.32. The van der Waals surface area contributed by atoms with E-state index in [4.69, 9.17) is 4.74 Å². The maximum absolute atomic E-state index is 13.4. The highest BCUT2D eigenvalue weighted by Crippen LogP contribution is 2.66. The Morgan fingerprint density at radius 3 is 2.73 bits per heavy atom. The van der Waals surface area contributed by atoms with E-state index in [1.54, 1.807) is 17.0 Å². The lowest BCUT2D eigenvalue weighted by atomic mass is 9.48. The first-order valence-corrected chi connectivity index (χ1v) is 14.3. The fraction of sp³-hybridized carbons (Fsp3) is 0.500. The van der Waals surface area contributed by atoms with Gasteiger partial charge < -0.3 is 19.8 Å². The Balaban J connectivity index is 1.24. The number of likely N-dealkylation sites (tertiary alicyclic amines) is 1. The van der Waals surface area contributed by atoms with Crippen LogP contribution in [0.15, 0.2) is 46.9 Å². The SMILES string of the molecule is CN(C(=O)/C=C/c1ccc(Br)cc1)[C@@H]1CC[C@@]2(O)[C@@H]3Cc4ccc(O)c5c4[C@@]2(CCN3CC2CC2)[C@H]1O5. The Hall–Kier alpha value is -2.35. The number of hydrogen-bond donors (Lipinski definition) is 2. The lowest BCUT2D eigenvalue weighted by Gasteiger charge is -2.64. The van der Waals surface area contributed by atoms with E-state index in [-0.39, 0.29) is 23.7 Å². The fourth-order valence-electron chi connectivity index (χ4n) is 7.87. The smallest absolute Gasteiger partial charge is 0.246 e. The van der Waals surface area contributed by atoms with Crippen molar-refractivity contribution >= 4 is 27.9 Å². The van der Waals surface area contributed by atoms with Gasteiger partial charge >= 0.3 is 0 Å². The summed E-state index contributed by atoms with van der Waals surface area (Å²) in [6.45, 7) is 1.96. The molecule has 2 saturated carbocycles. The number of carbonyl (C=O) groups is 1. The lowest BCUT2D eigenvalue weighted by Crippen LogP contribution is -2.78. The number of nitrogens with zero attached hydrogens (tertiary/aromatic N) is 2. The summed E-state index contributed by atoms with van der Waals surface area (Å²) in [4.78, 5) is 17.7. The summed E-state index contributed by atoms with van der Waals surface area (Å²) in [6, 6.07) is 11.4. The monoisotopic (exact) mass is 564 g/mol. The second-order valence-corrected chi connectivity index (χ2v) is 12.6. The summed E-state index contributed by atoms with van der Waals surface area (Å²) in [6.07, 6.45) is 8.47. The number of aromatic hydroxyl groups is 1. The number of rotatable bonds is 5. The minimum absolute atomic E-state index is 0.0372. The van der Waals surface area contributed by atoms with Crippen LogP contribution in [-0.2, 0) is 16.6 Å².